The van der Waals surface area contributed by atoms with E-state index in [-0.39, 0.29) is 11.4 Å². The quantitative estimate of drug-likeness (QED) is 0.805. The average Bonchev–Trinajstić information content (AvgIpc) is 2.40. The largest absolute Gasteiger partial charge is 0.406 e. The molecule has 5 heteroatoms. The normalized spacial score (nSPS) is 9.50. The maximum atomic E-state index is 11.7. The van der Waals surface area contributed by atoms with Crippen molar-refractivity contribution in [3.05, 3.63) is 63.9 Å². The van der Waals surface area contributed by atoms with E-state index in [1.54, 1.807) is 36.4 Å². The van der Waals surface area contributed by atoms with Gasteiger partial charge in [-0.25, -0.2) is 4.79 Å². The lowest BCUT2D eigenvalue weighted by atomic mass is 10.2. The van der Waals surface area contributed by atoms with E-state index in [1.165, 1.54) is 12.1 Å². The summed E-state index contributed by atoms with van der Waals surface area (Å²) in [6.07, 6.45) is 0. The van der Waals surface area contributed by atoms with Crippen LogP contribution in [0.25, 0.3) is 0 Å². The Balaban J connectivity index is 2.21. The van der Waals surface area contributed by atoms with Gasteiger partial charge in [0.2, 0.25) is 5.88 Å². The Hall–Kier alpha value is -2.87. The number of hydrogen-bond acceptors (Lipinski definition) is 4. The summed E-state index contributed by atoms with van der Waals surface area (Å²) in [6, 6.07) is 12.8. The number of benzene rings is 1. The molecule has 0 fully saturated rings. The lowest BCUT2D eigenvalue weighted by Crippen LogP contribution is -2.15. The second-order valence-electron chi connectivity index (χ2n) is 3.43. The van der Waals surface area contributed by atoms with Gasteiger partial charge in [-0.2, -0.15) is 5.26 Å². The number of aromatic amines is 1. The van der Waals surface area contributed by atoms with Crippen molar-refractivity contribution in [3.63, 3.8) is 0 Å². The summed E-state index contributed by atoms with van der Waals surface area (Å²) in [5.74, 6) is -0.566. The third-order valence-corrected chi connectivity index (χ3v) is 2.22. The first-order valence-electron chi connectivity index (χ1n) is 5.11. The highest BCUT2D eigenvalue weighted by Crippen LogP contribution is 2.07. The molecule has 0 bridgehead atoms. The fraction of sp³-hybridized carbons (Fsp3) is 0. The summed E-state index contributed by atoms with van der Waals surface area (Å²) >= 11 is 0. The van der Waals surface area contributed by atoms with Crippen LogP contribution in [-0.2, 0) is 0 Å². The number of nitrogens with one attached hydrogen (secondary N) is 1. The Morgan fingerprint density at radius 3 is 2.50 bits per heavy atom. The van der Waals surface area contributed by atoms with Gasteiger partial charge in [-0.3, -0.25) is 9.78 Å². The van der Waals surface area contributed by atoms with Crippen LogP contribution in [0.2, 0.25) is 0 Å². The van der Waals surface area contributed by atoms with Gasteiger partial charge in [0.05, 0.1) is 5.56 Å². The molecule has 5 nitrogen and oxygen atoms in total. The third-order valence-electron chi connectivity index (χ3n) is 2.22. The molecule has 0 unspecified atom stereocenters. The highest BCUT2D eigenvalue weighted by atomic mass is 16.5. The Morgan fingerprint density at radius 1 is 1.17 bits per heavy atom. The molecule has 0 spiro atoms. The van der Waals surface area contributed by atoms with E-state index in [0.717, 1.165) is 0 Å². The summed E-state index contributed by atoms with van der Waals surface area (Å²) in [6.45, 7) is 0. The van der Waals surface area contributed by atoms with Crippen LogP contribution in [0.4, 0.5) is 0 Å². The molecule has 18 heavy (non-hydrogen) atoms. The molecule has 0 aliphatic rings. The molecule has 1 heterocycles. The molecule has 1 aromatic carbocycles. The van der Waals surface area contributed by atoms with Gasteiger partial charge in [0, 0.05) is 6.07 Å². The highest BCUT2D eigenvalue weighted by Gasteiger charge is 2.09. The van der Waals surface area contributed by atoms with Gasteiger partial charge >= 0.3 is 5.97 Å². The first-order valence-corrected chi connectivity index (χ1v) is 5.11. The Morgan fingerprint density at radius 2 is 1.89 bits per heavy atom. The van der Waals surface area contributed by atoms with E-state index in [2.05, 4.69) is 4.98 Å². The molecule has 0 aliphatic carbocycles. The van der Waals surface area contributed by atoms with E-state index in [0.29, 0.717) is 5.56 Å². The number of aromatic nitrogens is 1. The molecule has 1 aromatic heterocycles. The van der Waals surface area contributed by atoms with Gasteiger partial charge in [-0.15, -0.1) is 0 Å². The van der Waals surface area contributed by atoms with Crippen LogP contribution in [0.15, 0.2) is 47.3 Å². The number of ether oxygens (including phenoxy) is 1. The minimum absolute atomic E-state index is 0.00727. The van der Waals surface area contributed by atoms with Gasteiger partial charge in [-0.1, -0.05) is 18.2 Å². The summed E-state index contributed by atoms with van der Waals surface area (Å²) < 4.78 is 4.98. The van der Waals surface area contributed by atoms with Gasteiger partial charge in [0.1, 0.15) is 11.6 Å². The number of carbonyl (C=O) groups is 1. The molecule has 0 aliphatic heterocycles. The van der Waals surface area contributed by atoms with E-state index in [9.17, 15) is 9.59 Å². The van der Waals surface area contributed by atoms with Crippen LogP contribution in [0, 0.1) is 11.3 Å². The summed E-state index contributed by atoms with van der Waals surface area (Å²) in [4.78, 5) is 25.3. The van der Waals surface area contributed by atoms with Crippen molar-refractivity contribution in [2.75, 3.05) is 0 Å². The molecule has 0 amide bonds. The molecule has 0 radical (unpaired) electrons. The Kier molecular flexibility index (Phi) is 3.21. The van der Waals surface area contributed by atoms with Crippen molar-refractivity contribution in [1.29, 1.82) is 5.26 Å². The zero-order valence-electron chi connectivity index (χ0n) is 9.21. The number of pyridine rings is 1. The second kappa shape index (κ2) is 4.97. The van der Waals surface area contributed by atoms with Crippen molar-refractivity contribution in [2.45, 2.75) is 0 Å². The van der Waals surface area contributed by atoms with Gasteiger partial charge in [0.25, 0.3) is 5.56 Å². The monoisotopic (exact) mass is 240 g/mol. The molecule has 2 aromatic rings. The van der Waals surface area contributed by atoms with Crippen LogP contribution in [0.5, 0.6) is 5.88 Å². The molecule has 88 valence electrons. The molecule has 0 atom stereocenters. The fourth-order valence-electron chi connectivity index (χ4n) is 1.34. The lowest BCUT2D eigenvalue weighted by molar-refractivity contribution is 0.0727. The van der Waals surface area contributed by atoms with Crippen molar-refractivity contribution in [1.82, 2.24) is 4.98 Å². The SMILES string of the molecule is N#Cc1ccc(OC(=O)c2ccccc2)[nH]c1=O. The van der Waals surface area contributed by atoms with Gasteiger partial charge < -0.3 is 4.74 Å². The number of hydrogen-bond donors (Lipinski definition) is 1. The van der Waals surface area contributed by atoms with E-state index < -0.39 is 11.5 Å². The minimum Gasteiger partial charge on any atom is -0.406 e. The second-order valence-corrected chi connectivity index (χ2v) is 3.43. The first-order chi connectivity index (χ1) is 8.70. The zero-order chi connectivity index (χ0) is 13.0. The summed E-state index contributed by atoms with van der Waals surface area (Å²) in [5, 5.41) is 8.59. The van der Waals surface area contributed by atoms with Crippen LogP contribution >= 0.6 is 0 Å². The number of esters is 1. The van der Waals surface area contributed by atoms with Crippen LogP contribution in [0.3, 0.4) is 0 Å². The molecular formula is C13H8N2O3. The van der Waals surface area contributed by atoms with Crippen molar-refractivity contribution in [3.8, 4) is 11.9 Å². The van der Waals surface area contributed by atoms with Crippen molar-refractivity contribution in [2.24, 2.45) is 0 Å². The van der Waals surface area contributed by atoms with E-state index in [1.807, 2.05) is 0 Å². The number of rotatable bonds is 2. The lowest BCUT2D eigenvalue weighted by Gasteiger charge is -2.03. The van der Waals surface area contributed by atoms with E-state index in [4.69, 9.17) is 10.00 Å². The molecular weight excluding hydrogens is 232 g/mol. The smallest absolute Gasteiger partial charge is 0.344 e. The van der Waals surface area contributed by atoms with E-state index >= 15 is 0 Å². The van der Waals surface area contributed by atoms with Gasteiger partial charge in [0.15, 0.2) is 0 Å². The molecule has 1 N–H and O–H groups in total. The third kappa shape index (κ3) is 2.44. The predicted molar refractivity (Wildman–Crippen MR) is 63.2 cm³/mol. The maximum absolute atomic E-state index is 11.7. The highest BCUT2D eigenvalue weighted by molar-refractivity contribution is 5.90. The number of nitriles is 1. The predicted octanol–water partition coefficient (Wildman–Crippen LogP) is 1.47. The fourth-order valence-corrected chi connectivity index (χ4v) is 1.34. The number of carbonyl (C=O) groups excluding carboxylic acids is 1. The minimum atomic E-state index is -0.587. The topological polar surface area (TPSA) is 82.9 Å². The van der Waals surface area contributed by atoms with Gasteiger partial charge in [-0.05, 0) is 18.2 Å². The molecule has 2 rings (SSSR count). The van der Waals surface area contributed by atoms with Crippen molar-refractivity contribution < 1.29 is 9.53 Å². The number of nitrogens with zero attached hydrogens (tertiary/aromatic N) is 1. The molecule has 0 saturated heterocycles. The van der Waals surface area contributed by atoms with Crippen LogP contribution in [0.1, 0.15) is 15.9 Å². The average molecular weight is 240 g/mol. The van der Waals surface area contributed by atoms with Crippen LogP contribution in [-0.4, -0.2) is 11.0 Å². The zero-order valence-corrected chi connectivity index (χ0v) is 9.21. The summed E-state index contributed by atoms with van der Waals surface area (Å²) in [5.41, 5.74) is -0.243. The Bertz CT molecular complexity index is 669. The molecule has 0 saturated carbocycles. The number of H-pyrrole nitrogens is 1. The van der Waals surface area contributed by atoms with Crippen LogP contribution < -0.4 is 10.3 Å². The van der Waals surface area contributed by atoms with Crippen molar-refractivity contribution >= 4 is 5.97 Å². The first kappa shape index (κ1) is 11.6. The standard InChI is InChI=1S/C13H8N2O3/c14-8-10-6-7-11(15-12(10)16)18-13(17)9-4-2-1-3-5-9/h1-7H,(H,15,16). The summed E-state index contributed by atoms with van der Waals surface area (Å²) in [7, 11) is 0. The maximum Gasteiger partial charge on any atom is 0.344 e. The Labute approximate surface area is 102 Å².